The van der Waals surface area contributed by atoms with Crippen LogP contribution in [0.5, 0.6) is 0 Å². The van der Waals surface area contributed by atoms with Crippen molar-refractivity contribution in [3.63, 3.8) is 0 Å². The number of hydrogen-bond acceptors (Lipinski definition) is 3. The summed E-state index contributed by atoms with van der Waals surface area (Å²) in [6.45, 7) is -9.62. The van der Waals surface area contributed by atoms with E-state index in [1.165, 1.54) is 0 Å². The molecule has 0 saturated carbocycles. The lowest BCUT2D eigenvalue weighted by Crippen LogP contribution is -2.76. The summed E-state index contributed by atoms with van der Waals surface area (Å²) in [5.41, 5.74) is 0. The van der Waals surface area contributed by atoms with Crippen LogP contribution in [-0.2, 0) is 13.6 Å². The van der Waals surface area contributed by atoms with Crippen molar-refractivity contribution in [2.45, 2.75) is 119 Å². The highest BCUT2D eigenvalue weighted by Gasteiger charge is 2.99. The molecule has 0 rings (SSSR count). The lowest BCUT2D eigenvalue weighted by Gasteiger charge is -2.44. The third-order valence-corrected chi connectivity index (χ3v) is 8.76. The Labute approximate surface area is 336 Å². The number of hydrogen-bond donors (Lipinski definition) is 1. The number of phosphoric acid groups is 1. The molecule has 0 atom stereocenters. The van der Waals surface area contributed by atoms with E-state index in [2.05, 4.69) is 9.05 Å². The van der Waals surface area contributed by atoms with E-state index in [0.717, 1.165) is 0 Å². The first kappa shape index (κ1) is 64.3. The Bertz CT molecular complexity index is 1670. The van der Waals surface area contributed by atoms with Gasteiger partial charge in [-0.15, -0.1) is 0 Å². The predicted molar refractivity (Wildman–Crippen MR) is 123 cm³/mol. The number of halogens is 40. The van der Waals surface area contributed by atoms with Gasteiger partial charge in [-0.05, 0) is 0 Å². The summed E-state index contributed by atoms with van der Waals surface area (Å²) in [5.74, 6) is -164. The van der Waals surface area contributed by atoms with Crippen LogP contribution >= 0.6 is 7.82 Å². The average Bonchev–Trinajstić information content (AvgIpc) is 3.11. The maximum atomic E-state index is 13.9. The summed E-state index contributed by atoms with van der Waals surface area (Å²) in [5, 5.41) is 0. The van der Waals surface area contributed by atoms with E-state index < -0.39 is 140 Å². The fraction of sp³-hybridized carbons (Fsp3) is 1.00. The van der Waals surface area contributed by atoms with Gasteiger partial charge in [-0.2, -0.15) is 158 Å². The molecule has 0 saturated heterocycles. The zero-order valence-electron chi connectivity index (χ0n) is 28.8. The van der Waals surface area contributed by atoms with Crippen molar-refractivity contribution in [3.05, 3.63) is 0 Å². The first-order valence-electron chi connectivity index (χ1n) is 14.3. The van der Waals surface area contributed by atoms with Crippen LogP contribution in [0.2, 0.25) is 0 Å². The van der Waals surface area contributed by atoms with Gasteiger partial charge in [0.05, 0.1) is 0 Å². The fourth-order valence-electron chi connectivity index (χ4n) is 3.67. The molecule has 0 aliphatic carbocycles. The van der Waals surface area contributed by atoms with Crippen molar-refractivity contribution in [1.82, 2.24) is 0 Å². The van der Waals surface area contributed by atoms with Crippen LogP contribution in [0.15, 0.2) is 0 Å². The number of rotatable bonds is 24. The van der Waals surface area contributed by atoms with Crippen molar-refractivity contribution in [1.29, 1.82) is 0 Å². The van der Waals surface area contributed by atoms with Gasteiger partial charge in [-0.25, -0.2) is 22.1 Å². The second-order valence-corrected chi connectivity index (χ2v) is 13.8. The monoisotopic (exact) mass is 1130 g/mol. The SMILES string of the molecule is O=P(O)(OCC(F)(F)C(F)(F)C(F)(F)C(F)(F)C(F)(F)C(F)(F)C(F)(F)C(F)(F)C(F)(F)C(F)F)OCC(F)(F)C(F)(F)C(F)(F)C(F)(F)C(F)(F)C(F)(F)C(F)(F)C(F)(F)C(F)(F)C(F)F. The topological polar surface area (TPSA) is 55.8 Å². The zero-order chi connectivity index (χ0) is 55.5. The Balaban J connectivity index is 6.95. The van der Waals surface area contributed by atoms with E-state index >= 15 is 0 Å². The van der Waals surface area contributed by atoms with Crippen LogP contribution in [0.1, 0.15) is 0 Å². The minimum atomic E-state index is -9.67. The minimum Gasteiger partial charge on any atom is -0.302 e. The molecule has 0 spiro atoms. The molecule has 45 heteroatoms. The van der Waals surface area contributed by atoms with Gasteiger partial charge in [-0.3, -0.25) is 9.05 Å². The molecule has 0 radical (unpaired) electrons. The van der Waals surface area contributed by atoms with Gasteiger partial charge in [0.2, 0.25) is 0 Å². The zero-order valence-corrected chi connectivity index (χ0v) is 29.7. The van der Waals surface area contributed by atoms with Gasteiger partial charge in [0.15, 0.2) is 0 Å². The summed E-state index contributed by atoms with van der Waals surface area (Å²) < 4.78 is 554. The molecule has 0 aromatic rings. The number of alkyl halides is 40. The predicted octanol–water partition coefficient (Wildman–Crippen LogP) is 13.1. The molecular weight excluding hydrogens is 1120 g/mol. The molecular formula is C22H7F40O4P. The molecule has 0 bridgehead atoms. The van der Waals surface area contributed by atoms with Crippen LogP contribution in [0.3, 0.4) is 0 Å². The molecule has 67 heavy (non-hydrogen) atoms. The summed E-state index contributed by atoms with van der Waals surface area (Å²) in [4.78, 5) is 8.82. The van der Waals surface area contributed by atoms with Crippen LogP contribution in [0.4, 0.5) is 176 Å². The lowest BCUT2D eigenvalue weighted by atomic mass is 9.86. The standard InChI is InChI=1S/C22H7F40O4P/c23-3(24)7(31,32)11(39,40)15(47,48)19(55,56)21(59,60)17(51,52)13(43,44)9(35,36)5(27,28)1-65-67(63,64)66-2-6(29,30)10(37,38)14(45,46)18(53,54)22(61,62)20(57,58)16(49,50)12(41,42)8(33,34)4(25)26/h3-4H,1-2H2,(H,63,64). The Hall–Kier alpha value is -2.69. The van der Waals surface area contributed by atoms with Crippen LogP contribution in [0.25, 0.3) is 0 Å². The average molecular weight is 1130 g/mol. The van der Waals surface area contributed by atoms with Gasteiger partial charge < -0.3 is 4.89 Å². The van der Waals surface area contributed by atoms with E-state index in [4.69, 9.17) is 4.89 Å². The van der Waals surface area contributed by atoms with Gasteiger partial charge in [-0.1, -0.05) is 0 Å². The fourth-order valence-corrected chi connectivity index (χ4v) is 4.39. The first-order valence-corrected chi connectivity index (χ1v) is 15.8. The third kappa shape index (κ3) is 8.50. The van der Waals surface area contributed by atoms with E-state index in [0.29, 0.717) is 0 Å². The quantitative estimate of drug-likeness (QED) is 0.0773. The molecule has 0 aromatic carbocycles. The maximum Gasteiger partial charge on any atom is 0.472 e. The van der Waals surface area contributed by atoms with Gasteiger partial charge in [0.25, 0.3) is 0 Å². The molecule has 0 aliphatic heterocycles. The molecule has 0 aromatic heterocycles. The molecule has 0 amide bonds. The molecule has 0 unspecified atom stereocenters. The van der Waals surface area contributed by atoms with Crippen molar-refractivity contribution in [3.8, 4) is 0 Å². The van der Waals surface area contributed by atoms with Crippen LogP contribution in [0, 0.1) is 0 Å². The normalized spacial score (nSPS) is 17.0. The Kier molecular flexibility index (Phi) is 16.0. The van der Waals surface area contributed by atoms with Crippen molar-refractivity contribution >= 4 is 7.82 Å². The Morgan fingerprint density at radius 1 is 0.284 bits per heavy atom. The Morgan fingerprint density at radius 2 is 0.418 bits per heavy atom. The van der Waals surface area contributed by atoms with Crippen LogP contribution < -0.4 is 0 Å². The van der Waals surface area contributed by atoms with Gasteiger partial charge >= 0.3 is 127 Å². The first-order chi connectivity index (χ1) is 28.3. The highest BCUT2D eigenvalue weighted by atomic mass is 31.2. The molecule has 404 valence electrons. The van der Waals surface area contributed by atoms with E-state index in [1.54, 1.807) is 0 Å². The largest absolute Gasteiger partial charge is 0.472 e. The van der Waals surface area contributed by atoms with Crippen molar-refractivity contribution in [2.75, 3.05) is 13.2 Å². The van der Waals surface area contributed by atoms with Gasteiger partial charge in [0, 0.05) is 0 Å². The molecule has 1 N–H and O–H groups in total. The molecule has 0 heterocycles. The van der Waals surface area contributed by atoms with Crippen molar-refractivity contribution in [2.24, 2.45) is 0 Å². The summed E-state index contributed by atoms with van der Waals surface area (Å²) in [7, 11) is -8.12. The second-order valence-electron chi connectivity index (χ2n) is 12.3. The second kappa shape index (κ2) is 16.7. The van der Waals surface area contributed by atoms with Crippen LogP contribution in [-0.4, -0.2) is 138 Å². The highest BCUT2D eigenvalue weighted by Crippen LogP contribution is 2.68. The van der Waals surface area contributed by atoms with E-state index in [1.807, 2.05) is 0 Å². The Morgan fingerprint density at radius 3 is 0.567 bits per heavy atom. The minimum absolute atomic E-state index is 2.24. The van der Waals surface area contributed by atoms with E-state index in [-0.39, 0.29) is 0 Å². The van der Waals surface area contributed by atoms with Gasteiger partial charge in [0.1, 0.15) is 13.2 Å². The highest BCUT2D eigenvalue weighted by molar-refractivity contribution is 7.47. The molecule has 0 aliphatic rings. The summed E-state index contributed by atoms with van der Waals surface area (Å²) in [6, 6.07) is 0. The molecule has 0 fully saturated rings. The van der Waals surface area contributed by atoms with E-state index in [9.17, 15) is 180 Å². The van der Waals surface area contributed by atoms with Crippen molar-refractivity contribution < 1.29 is 194 Å². The lowest BCUT2D eigenvalue weighted by molar-refractivity contribution is -0.465. The summed E-state index contributed by atoms with van der Waals surface area (Å²) in [6.07, 6.45) is -12.9. The smallest absolute Gasteiger partial charge is 0.302 e. The third-order valence-electron chi connectivity index (χ3n) is 7.85. The summed E-state index contributed by atoms with van der Waals surface area (Å²) >= 11 is 0. The molecule has 4 nitrogen and oxygen atoms in total. The number of phosphoric ester groups is 1. The maximum absolute atomic E-state index is 13.9.